The quantitative estimate of drug-likeness (QED) is 0.925. The summed E-state index contributed by atoms with van der Waals surface area (Å²) in [6, 6.07) is 6.92. The van der Waals surface area contributed by atoms with Gasteiger partial charge in [-0.25, -0.2) is 4.98 Å². The van der Waals surface area contributed by atoms with Crippen molar-refractivity contribution in [2.45, 2.75) is 58.0 Å². The fourth-order valence-electron chi connectivity index (χ4n) is 2.34. The summed E-state index contributed by atoms with van der Waals surface area (Å²) in [6.45, 7) is 13.1. The summed E-state index contributed by atoms with van der Waals surface area (Å²) >= 11 is 2.06. The summed E-state index contributed by atoms with van der Waals surface area (Å²) in [5, 5.41) is 4.17. The van der Waals surface area contributed by atoms with E-state index < -0.39 is 0 Å². The number of nitrogens with zero attached hydrogens (tertiary/aromatic N) is 2. The first kappa shape index (κ1) is 15.6. The fourth-order valence-corrected chi connectivity index (χ4v) is 3.44. The van der Waals surface area contributed by atoms with Crippen molar-refractivity contribution in [3.63, 3.8) is 0 Å². The molecule has 1 fully saturated rings. The monoisotopic (exact) mass is 293 g/mol. The van der Waals surface area contributed by atoms with Crippen molar-refractivity contribution in [2.75, 3.05) is 17.2 Å². The molecule has 2 rings (SSSR count). The van der Waals surface area contributed by atoms with Crippen LogP contribution in [-0.4, -0.2) is 34.1 Å². The Morgan fingerprint density at radius 3 is 2.80 bits per heavy atom. The first-order valence-electron chi connectivity index (χ1n) is 7.46. The van der Waals surface area contributed by atoms with Gasteiger partial charge in [-0.2, -0.15) is 11.8 Å². The van der Waals surface area contributed by atoms with Crippen molar-refractivity contribution in [1.29, 1.82) is 0 Å². The van der Waals surface area contributed by atoms with Gasteiger partial charge in [0.1, 0.15) is 5.82 Å². The second-order valence-corrected chi connectivity index (χ2v) is 8.09. The first-order valence-corrected chi connectivity index (χ1v) is 8.51. The van der Waals surface area contributed by atoms with Crippen LogP contribution in [0.15, 0.2) is 18.2 Å². The molecule has 1 aromatic rings. The first-order chi connectivity index (χ1) is 9.37. The average molecular weight is 293 g/mol. The van der Waals surface area contributed by atoms with Crippen LogP contribution in [0.2, 0.25) is 0 Å². The van der Waals surface area contributed by atoms with Crippen molar-refractivity contribution < 1.29 is 0 Å². The molecule has 2 atom stereocenters. The van der Waals surface area contributed by atoms with Crippen molar-refractivity contribution in [1.82, 2.24) is 10.3 Å². The molecule has 112 valence electrons. The molecule has 0 radical (unpaired) electrons. The molecule has 0 amide bonds. The van der Waals surface area contributed by atoms with E-state index >= 15 is 0 Å². The third-order valence-corrected chi connectivity index (χ3v) is 5.11. The summed E-state index contributed by atoms with van der Waals surface area (Å²) in [4.78, 5) is 7.28. The molecule has 0 spiro atoms. The highest BCUT2D eigenvalue weighted by atomic mass is 32.2. The van der Waals surface area contributed by atoms with E-state index in [-0.39, 0.29) is 5.54 Å². The van der Waals surface area contributed by atoms with E-state index in [1.165, 1.54) is 5.75 Å². The Hall–Kier alpha value is -0.740. The maximum atomic E-state index is 4.84. The fraction of sp³-hybridized carbons (Fsp3) is 0.688. The minimum absolute atomic E-state index is 0.126. The summed E-state index contributed by atoms with van der Waals surface area (Å²) in [5.74, 6) is 2.32. The van der Waals surface area contributed by atoms with Gasteiger partial charge in [-0.3, -0.25) is 0 Å². The van der Waals surface area contributed by atoms with Crippen LogP contribution in [0.3, 0.4) is 0 Å². The molecule has 4 heteroatoms. The molecular formula is C16H27N3S. The Balaban J connectivity index is 2.09. The van der Waals surface area contributed by atoms with Crippen molar-refractivity contribution in [3.8, 4) is 0 Å². The third kappa shape index (κ3) is 4.13. The molecule has 1 aromatic heterocycles. The molecule has 1 saturated heterocycles. The van der Waals surface area contributed by atoms with Gasteiger partial charge >= 0.3 is 0 Å². The summed E-state index contributed by atoms with van der Waals surface area (Å²) in [5.41, 5.74) is 1.25. The van der Waals surface area contributed by atoms with E-state index in [1.807, 2.05) is 0 Å². The van der Waals surface area contributed by atoms with Gasteiger partial charge in [0.15, 0.2) is 0 Å². The molecule has 2 unspecified atom stereocenters. The number of nitrogens with one attached hydrogen (secondary N) is 1. The Bertz CT molecular complexity index is 442. The zero-order valence-corrected chi connectivity index (χ0v) is 14.1. The summed E-state index contributed by atoms with van der Waals surface area (Å²) in [7, 11) is 0. The van der Waals surface area contributed by atoms with Crippen LogP contribution in [0.1, 0.15) is 40.3 Å². The average Bonchev–Trinajstić information content (AvgIpc) is 2.39. The predicted molar refractivity (Wildman–Crippen MR) is 89.6 cm³/mol. The molecule has 0 aliphatic carbocycles. The van der Waals surface area contributed by atoms with Crippen molar-refractivity contribution >= 4 is 17.6 Å². The van der Waals surface area contributed by atoms with Gasteiger partial charge in [0.05, 0.1) is 5.69 Å². The van der Waals surface area contributed by atoms with Crippen LogP contribution in [0.25, 0.3) is 0 Å². The number of hydrogen-bond acceptors (Lipinski definition) is 4. The van der Waals surface area contributed by atoms with Crippen LogP contribution in [0.5, 0.6) is 0 Å². The highest BCUT2D eigenvalue weighted by Gasteiger charge is 2.26. The predicted octanol–water partition coefficient (Wildman–Crippen LogP) is 3.30. The van der Waals surface area contributed by atoms with Crippen LogP contribution in [0, 0.1) is 0 Å². The summed E-state index contributed by atoms with van der Waals surface area (Å²) in [6.07, 6.45) is 0. The number of anilines is 1. The number of aromatic nitrogens is 1. The lowest BCUT2D eigenvalue weighted by Gasteiger charge is -2.38. The second-order valence-electron chi connectivity index (χ2n) is 6.60. The zero-order valence-electron chi connectivity index (χ0n) is 13.3. The maximum absolute atomic E-state index is 4.84. The molecule has 0 bridgehead atoms. The molecule has 2 heterocycles. The Morgan fingerprint density at radius 1 is 1.35 bits per heavy atom. The van der Waals surface area contributed by atoms with Crippen LogP contribution < -0.4 is 10.2 Å². The molecule has 0 saturated carbocycles. The largest absolute Gasteiger partial charge is 0.352 e. The Kier molecular flexibility index (Phi) is 4.97. The summed E-state index contributed by atoms with van der Waals surface area (Å²) < 4.78 is 0. The molecule has 1 aliphatic rings. The van der Waals surface area contributed by atoms with Crippen molar-refractivity contribution in [2.24, 2.45) is 0 Å². The second kappa shape index (κ2) is 6.35. The van der Waals surface area contributed by atoms with E-state index in [1.54, 1.807) is 0 Å². The van der Waals surface area contributed by atoms with Gasteiger partial charge in [0.2, 0.25) is 0 Å². The van der Waals surface area contributed by atoms with Gasteiger partial charge in [-0.1, -0.05) is 13.0 Å². The van der Waals surface area contributed by atoms with E-state index in [9.17, 15) is 0 Å². The van der Waals surface area contributed by atoms with E-state index in [0.29, 0.717) is 11.3 Å². The van der Waals surface area contributed by atoms with E-state index in [0.717, 1.165) is 24.6 Å². The molecule has 1 aliphatic heterocycles. The maximum Gasteiger partial charge on any atom is 0.129 e. The number of pyridine rings is 1. The topological polar surface area (TPSA) is 28.2 Å². The standard InChI is InChI=1S/C16H27N3S/c1-12-13(2)20-10-9-19(12)15-8-6-7-14(18-15)11-17-16(3,4)5/h6-8,12-13,17H,9-11H2,1-5H3. The lowest BCUT2D eigenvalue weighted by atomic mass is 10.1. The van der Waals surface area contributed by atoms with Gasteiger partial charge in [-0.05, 0) is 39.8 Å². The highest BCUT2D eigenvalue weighted by Crippen LogP contribution is 2.27. The number of thioether (sulfide) groups is 1. The van der Waals surface area contributed by atoms with Crippen LogP contribution in [-0.2, 0) is 6.54 Å². The number of rotatable bonds is 3. The lowest BCUT2D eigenvalue weighted by Crippen LogP contribution is -2.45. The van der Waals surface area contributed by atoms with Gasteiger partial charge in [0.25, 0.3) is 0 Å². The van der Waals surface area contributed by atoms with Gasteiger partial charge in [-0.15, -0.1) is 0 Å². The molecule has 3 nitrogen and oxygen atoms in total. The Morgan fingerprint density at radius 2 is 2.10 bits per heavy atom. The van der Waals surface area contributed by atoms with E-state index in [2.05, 4.69) is 74.8 Å². The highest BCUT2D eigenvalue weighted by molar-refractivity contribution is 8.00. The Labute approximate surface area is 127 Å². The molecule has 1 N–H and O–H groups in total. The molecule has 20 heavy (non-hydrogen) atoms. The SMILES string of the molecule is CC1SCCN(c2cccc(CNC(C)(C)C)n2)C1C. The van der Waals surface area contributed by atoms with Crippen molar-refractivity contribution in [3.05, 3.63) is 23.9 Å². The van der Waals surface area contributed by atoms with Gasteiger partial charge < -0.3 is 10.2 Å². The third-order valence-electron chi connectivity index (χ3n) is 3.77. The van der Waals surface area contributed by atoms with E-state index in [4.69, 9.17) is 4.98 Å². The minimum Gasteiger partial charge on any atom is -0.352 e. The smallest absolute Gasteiger partial charge is 0.129 e. The van der Waals surface area contributed by atoms with Crippen LogP contribution >= 0.6 is 11.8 Å². The lowest BCUT2D eigenvalue weighted by molar-refractivity contribution is 0.421. The normalized spacial score (nSPS) is 23.9. The minimum atomic E-state index is 0.126. The molecule has 0 aromatic carbocycles. The van der Waals surface area contributed by atoms with Crippen LogP contribution in [0.4, 0.5) is 5.82 Å². The number of hydrogen-bond donors (Lipinski definition) is 1. The zero-order chi connectivity index (χ0) is 14.8. The molecular weight excluding hydrogens is 266 g/mol. The van der Waals surface area contributed by atoms with Gasteiger partial charge in [0, 0.05) is 35.7 Å².